The van der Waals surface area contributed by atoms with Gasteiger partial charge in [-0.1, -0.05) is 29.8 Å². The van der Waals surface area contributed by atoms with Gasteiger partial charge in [-0.3, -0.25) is 0 Å². The van der Waals surface area contributed by atoms with Gasteiger partial charge in [-0.25, -0.2) is 9.07 Å². The lowest BCUT2D eigenvalue weighted by molar-refractivity contribution is 0.216. The molecule has 0 saturated heterocycles. The second kappa shape index (κ2) is 8.32. The highest BCUT2D eigenvalue weighted by molar-refractivity contribution is 6.30. The molecule has 0 radical (unpaired) electrons. The first kappa shape index (κ1) is 21.5. The molecule has 0 aliphatic carbocycles. The van der Waals surface area contributed by atoms with Crippen LogP contribution in [0.2, 0.25) is 5.02 Å². The second-order valence-corrected chi connectivity index (χ2v) is 8.59. The van der Waals surface area contributed by atoms with E-state index in [4.69, 9.17) is 25.8 Å². The molecule has 176 valence electrons. The molecule has 0 fully saturated rings. The first-order chi connectivity index (χ1) is 17.1. The van der Waals surface area contributed by atoms with E-state index in [1.165, 1.54) is 12.4 Å². The van der Waals surface area contributed by atoms with E-state index in [-0.39, 0.29) is 5.82 Å². The third-order valence-corrected chi connectivity index (χ3v) is 6.53. The average Bonchev–Trinajstić information content (AvgIpc) is 3.35. The lowest BCUT2D eigenvalue weighted by Crippen LogP contribution is -2.33. The number of aromatic nitrogens is 3. The molecular weight excluding hydrogens is 471 g/mol. The topological polar surface area (TPSA) is 70.4 Å². The molecule has 9 heteroatoms. The van der Waals surface area contributed by atoms with E-state index in [9.17, 15) is 0 Å². The maximum Gasteiger partial charge on any atom is 0.226 e. The van der Waals surface area contributed by atoms with E-state index in [0.29, 0.717) is 33.8 Å². The number of hydrogen-bond donors (Lipinski definition) is 1. The lowest BCUT2D eigenvalue weighted by atomic mass is 9.84. The fourth-order valence-corrected chi connectivity index (χ4v) is 4.91. The van der Waals surface area contributed by atoms with Crippen LogP contribution in [0.15, 0.2) is 72.6 Å². The number of anilines is 1. The third-order valence-electron chi connectivity index (χ3n) is 6.30. The van der Waals surface area contributed by atoms with Crippen molar-refractivity contribution in [3.63, 3.8) is 0 Å². The van der Waals surface area contributed by atoms with Crippen LogP contribution in [0, 0.1) is 5.82 Å². The van der Waals surface area contributed by atoms with Gasteiger partial charge in [0.05, 0.1) is 19.9 Å². The van der Waals surface area contributed by atoms with Crippen LogP contribution >= 0.6 is 11.6 Å². The van der Waals surface area contributed by atoms with Crippen LogP contribution in [0.3, 0.4) is 0 Å². The maximum absolute atomic E-state index is 15.3. The number of nitrogens with one attached hydrogen (secondary N) is 1. The minimum Gasteiger partial charge on any atom is -0.497 e. The van der Waals surface area contributed by atoms with Crippen molar-refractivity contribution in [2.75, 3.05) is 19.5 Å². The number of rotatable bonds is 4. The Hall–Kier alpha value is -4.04. The molecule has 0 bridgehead atoms. The van der Waals surface area contributed by atoms with Gasteiger partial charge in [0.25, 0.3) is 0 Å². The molecular formula is C26H20ClFN4O3. The summed E-state index contributed by atoms with van der Waals surface area (Å²) in [5.74, 6) is 2.00. The predicted octanol–water partition coefficient (Wildman–Crippen LogP) is 5.65. The van der Waals surface area contributed by atoms with E-state index < -0.39 is 12.1 Å². The first-order valence-electron chi connectivity index (χ1n) is 10.9. The molecule has 0 spiro atoms. The number of halogens is 2. The zero-order valence-corrected chi connectivity index (χ0v) is 19.6. The normalized spacial score (nSPS) is 18.1. The summed E-state index contributed by atoms with van der Waals surface area (Å²) in [6.45, 7) is 0. The van der Waals surface area contributed by atoms with Crippen LogP contribution in [0.4, 0.5) is 10.3 Å². The molecule has 1 aromatic heterocycles. The van der Waals surface area contributed by atoms with Crippen molar-refractivity contribution in [2.45, 2.75) is 12.1 Å². The fraction of sp³-hybridized carbons (Fsp3) is 0.154. The molecule has 35 heavy (non-hydrogen) atoms. The highest BCUT2D eigenvalue weighted by Crippen LogP contribution is 2.52. The summed E-state index contributed by atoms with van der Waals surface area (Å²) in [6.07, 6.45) is 0.786. The summed E-state index contributed by atoms with van der Waals surface area (Å²) in [5.41, 5.74) is 3.40. The summed E-state index contributed by atoms with van der Waals surface area (Å²) in [6, 6.07) is 16.9. The quantitative estimate of drug-likeness (QED) is 0.399. The van der Waals surface area contributed by atoms with E-state index in [1.54, 1.807) is 43.2 Å². The predicted molar refractivity (Wildman–Crippen MR) is 129 cm³/mol. The Labute approximate surface area is 205 Å². The number of fused-ring (bicyclic) bond motifs is 3. The van der Waals surface area contributed by atoms with Gasteiger partial charge in [0.2, 0.25) is 5.95 Å². The monoisotopic (exact) mass is 490 g/mol. The van der Waals surface area contributed by atoms with Crippen LogP contribution in [-0.4, -0.2) is 29.0 Å². The minimum atomic E-state index is -0.654. The molecule has 0 amide bonds. The lowest BCUT2D eigenvalue weighted by Gasteiger charge is -2.39. The van der Waals surface area contributed by atoms with Crippen LogP contribution in [-0.2, 0) is 0 Å². The largest absolute Gasteiger partial charge is 0.497 e. The summed E-state index contributed by atoms with van der Waals surface area (Å²) in [7, 11) is 3.20. The van der Waals surface area contributed by atoms with Crippen molar-refractivity contribution < 1.29 is 18.6 Å². The van der Waals surface area contributed by atoms with Gasteiger partial charge in [-0.2, -0.15) is 10.1 Å². The zero-order chi connectivity index (χ0) is 24.1. The van der Waals surface area contributed by atoms with Gasteiger partial charge in [-0.15, -0.1) is 0 Å². The van der Waals surface area contributed by atoms with Crippen LogP contribution in [0.25, 0.3) is 5.70 Å². The zero-order valence-electron chi connectivity index (χ0n) is 18.8. The Kier molecular flexibility index (Phi) is 5.11. The maximum atomic E-state index is 15.3. The second-order valence-electron chi connectivity index (χ2n) is 8.15. The van der Waals surface area contributed by atoms with Crippen LogP contribution in [0.1, 0.15) is 28.8 Å². The van der Waals surface area contributed by atoms with Crippen molar-refractivity contribution in [3.05, 3.63) is 100 Å². The summed E-state index contributed by atoms with van der Waals surface area (Å²) >= 11 is 6.37. The van der Waals surface area contributed by atoms with Gasteiger partial charge < -0.3 is 19.5 Å². The molecule has 3 heterocycles. The highest BCUT2D eigenvalue weighted by atomic mass is 35.5. The Morgan fingerprint density at radius 2 is 1.89 bits per heavy atom. The van der Waals surface area contributed by atoms with Crippen molar-refractivity contribution in [2.24, 2.45) is 0 Å². The van der Waals surface area contributed by atoms with Gasteiger partial charge in [-0.05, 0) is 42.5 Å². The van der Waals surface area contributed by atoms with Gasteiger partial charge in [0.15, 0.2) is 6.10 Å². The van der Waals surface area contributed by atoms with Crippen molar-refractivity contribution in [1.82, 2.24) is 14.8 Å². The number of hydrogen-bond acceptors (Lipinski definition) is 6. The molecule has 4 aromatic rings. The number of nitrogens with zero attached hydrogens (tertiary/aromatic N) is 3. The number of methoxy groups -OCH3 is 2. The van der Waals surface area contributed by atoms with Crippen molar-refractivity contribution in [1.29, 1.82) is 0 Å². The van der Waals surface area contributed by atoms with Gasteiger partial charge in [0, 0.05) is 27.3 Å². The smallest absolute Gasteiger partial charge is 0.226 e. The Morgan fingerprint density at radius 1 is 1.03 bits per heavy atom. The molecule has 2 aliphatic heterocycles. The summed E-state index contributed by atoms with van der Waals surface area (Å²) < 4.78 is 34.7. The standard InChI is InChI=1S/C26H20ClFN4O3/c1-33-15-8-10-20(34-2)18(12-15)25-22-23(17-11-14(27)7-9-21(17)35-25)31-26-29-13-30-32(26)24(22)16-5-3-4-6-19(16)28/h3-13,24-25H,1-2H3,(H,29,30,31)/t24-,25+/m1/s1. The first-order valence-corrected chi connectivity index (χ1v) is 11.3. The van der Waals surface area contributed by atoms with E-state index in [0.717, 1.165) is 22.4 Å². The minimum absolute atomic E-state index is 0.360. The van der Waals surface area contributed by atoms with Crippen LogP contribution in [0.5, 0.6) is 17.2 Å². The number of benzene rings is 3. The van der Waals surface area contributed by atoms with E-state index >= 15 is 4.39 Å². The van der Waals surface area contributed by atoms with Gasteiger partial charge in [0.1, 0.15) is 35.4 Å². The molecule has 7 nitrogen and oxygen atoms in total. The van der Waals surface area contributed by atoms with Crippen molar-refractivity contribution in [3.8, 4) is 17.2 Å². The molecule has 2 atom stereocenters. The molecule has 6 rings (SSSR count). The SMILES string of the molecule is COc1ccc(OC)c([C@@H]2Oc3ccc(Cl)cc3C3=C2[C@@H](c2ccccc2F)n2ncnc2N3)c1. The van der Waals surface area contributed by atoms with E-state index in [1.807, 2.05) is 30.3 Å². The van der Waals surface area contributed by atoms with Crippen molar-refractivity contribution >= 4 is 23.2 Å². The molecule has 1 N–H and O–H groups in total. The Bertz CT molecular complexity index is 1490. The molecule has 0 saturated carbocycles. The van der Waals surface area contributed by atoms with E-state index in [2.05, 4.69) is 15.4 Å². The molecule has 3 aromatic carbocycles. The summed E-state index contributed by atoms with van der Waals surface area (Å²) in [4.78, 5) is 4.37. The molecule has 2 aliphatic rings. The fourth-order valence-electron chi connectivity index (χ4n) is 4.74. The third kappa shape index (κ3) is 3.40. The highest BCUT2D eigenvalue weighted by Gasteiger charge is 2.42. The Morgan fingerprint density at radius 3 is 2.69 bits per heavy atom. The number of ether oxygens (including phenoxy) is 3. The summed E-state index contributed by atoms with van der Waals surface area (Å²) in [5, 5.41) is 8.36. The Balaban J connectivity index is 1.67. The average molecular weight is 491 g/mol. The van der Waals surface area contributed by atoms with Crippen LogP contribution < -0.4 is 19.5 Å². The van der Waals surface area contributed by atoms with Gasteiger partial charge >= 0.3 is 0 Å². The molecule has 0 unspecified atom stereocenters.